The van der Waals surface area contributed by atoms with Crippen molar-refractivity contribution in [1.82, 2.24) is 4.90 Å². The monoisotopic (exact) mass is 379 g/mol. The van der Waals surface area contributed by atoms with E-state index in [0.29, 0.717) is 31.5 Å². The molecule has 6 nitrogen and oxygen atoms in total. The molecule has 0 aromatic heterocycles. The zero-order valence-corrected chi connectivity index (χ0v) is 16.5. The normalized spacial score (nSPS) is 17.5. The van der Waals surface area contributed by atoms with E-state index in [0.717, 1.165) is 28.3 Å². The van der Waals surface area contributed by atoms with E-state index in [9.17, 15) is 9.59 Å². The SMILES string of the molecule is COc1c(C)cc(C(=O)N2CCC3(CC2)Nc2ccccc2NC3=O)cc1C. The van der Waals surface area contributed by atoms with E-state index in [1.54, 1.807) is 7.11 Å². The third kappa shape index (κ3) is 2.99. The molecule has 0 atom stereocenters. The zero-order chi connectivity index (χ0) is 19.9. The minimum atomic E-state index is -0.656. The highest BCUT2D eigenvalue weighted by Gasteiger charge is 2.45. The lowest BCUT2D eigenvalue weighted by molar-refractivity contribution is -0.122. The molecule has 1 spiro atoms. The summed E-state index contributed by atoms with van der Waals surface area (Å²) in [4.78, 5) is 27.6. The van der Waals surface area contributed by atoms with Gasteiger partial charge in [0, 0.05) is 18.7 Å². The van der Waals surface area contributed by atoms with Crippen LogP contribution in [0.25, 0.3) is 0 Å². The summed E-state index contributed by atoms with van der Waals surface area (Å²) in [7, 11) is 1.64. The van der Waals surface area contributed by atoms with Crippen LogP contribution < -0.4 is 15.4 Å². The van der Waals surface area contributed by atoms with E-state index >= 15 is 0 Å². The molecule has 2 heterocycles. The van der Waals surface area contributed by atoms with Crippen molar-refractivity contribution in [2.24, 2.45) is 0 Å². The number of nitrogens with zero attached hydrogens (tertiary/aromatic N) is 1. The number of para-hydroxylation sites is 2. The summed E-state index contributed by atoms with van der Waals surface area (Å²) in [5.41, 5.74) is 3.65. The fourth-order valence-electron chi connectivity index (χ4n) is 4.28. The van der Waals surface area contributed by atoms with Crippen molar-refractivity contribution in [3.63, 3.8) is 0 Å². The largest absolute Gasteiger partial charge is 0.496 e. The molecule has 4 rings (SSSR count). The number of benzene rings is 2. The average Bonchev–Trinajstić information content (AvgIpc) is 2.69. The number of hydrogen-bond donors (Lipinski definition) is 2. The predicted octanol–water partition coefficient (Wildman–Crippen LogP) is 3.35. The van der Waals surface area contributed by atoms with Crippen LogP contribution in [0, 0.1) is 13.8 Å². The molecule has 2 aromatic carbocycles. The Bertz CT molecular complexity index is 923. The Kier molecular flexibility index (Phi) is 4.49. The van der Waals surface area contributed by atoms with Crippen LogP contribution in [-0.2, 0) is 4.79 Å². The summed E-state index contributed by atoms with van der Waals surface area (Å²) in [6.07, 6.45) is 1.15. The van der Waals surface area contributed by atoms with Crippen LogP contribution in [0.2, 0.25) is 0 Å². The Morgan fingerprint density at radius 1 is 1.07 bits per heavy atom. The Morgan fingerprint density at radius 2 is 1.68 bits per heavy atom. The Morgan fingerprint density at radius 3 is 2.29 bits per heavy atom. The molecule has 2 aliphatic heterocycles. The number of anilines is 2. The lowest BCUT2D eigenvalue weighted by atomic mass is 9.84. The summed E-state index contributed by atoms with van der Waals surface area (Å²) in [5.74, 6) is 0.797. The number of ether oxygens (including phenoxy) is 1. The first-order chi connectivity index (χ1) is 13.4. The molecule has 0 unspecified atom stereocenters. The number of methoxy groups -OCH3 is 1. The minimum absolute atomic E-state index is 0.000297. The van der Waals surface area contributed by atoms with E-state index in [1.165, 1.54) is 0 Å². The third-order valence-electron chi connectivity index (χ3n) is 5.80. The molecule has 28 heavy (non-hydrogen) atoms. The van der Waals surface area contributed by atoms with Crippen LogP contribution in [0.3, 0.4) is 0 Å². The molecule has 6 heteroatoms. The lowest BCUT2D eigenvalue weighted by Crippen LogP contribution is -2.59. The van der Waals surface area contributed by atoms with Gasteiger partial charge < -0.3 is 20.3 Å². The first-order valence-corrected chi connectivity index (χ1v) is 9.57. The first-order valence-electron chi connectivity index (χ1n) is 9.57. The second-order valence-corrected chi connectivity index (χ2v) is 7.64. The Hall–Kier alpha value is -3.02. The molecule has 1 fully saturated rings. The zero-order valence-electron chi connectivity index (χ0n) is 16.5. The maximum Gasteiger partial charge on any atom is 0.253 e. The van der Waals surface area contributed by atoms with E-state index in [1.807, 2.05) is 55.1 Å². The van der Waals surface area contributed by atoms with Crippen molar-refractivity contribution in [3.8, 4) is 5.75 Å². The molecular formula is C22H25N3O3. The number of carbonyl (C=O) groups is 2. The summed E-state index contributed by atoms with van der Waals surface area (Å²) in [5, 5.41) is 6.43. The van der Waals surface area contributed by atoms with Crippen LogP contribution in [0.1, 0.15) is 34.3 Å². The molecule has 0 radical (unpaired) electrons. The van der Waals surface area contributed by atoms with Gasteiger partial charge in [0.2, 0.25) is 5.91 Å². The van der Waals surface area contributed by atoms with Gasteiger partial charge in [0.1, 0.15) is 11.3 Å². The molecule has 0 saturated carbocycles. The summed E-state index contributed by atoms with van der Waals surface area (Å²) < 4.78 is 5.39. The number of aryl methyl sites for hydroxylation is 2. The number of nitrogens with one attached hydrogen (secondary N) is 2. The number of rotatable bonds is 2. The molecule has 2 aromatic rings. The third-order valence-corrected chi connectivity index (χ3v) is 5.80. The summed E-state index contributed by atoms with van der Waals surface area (Å²) in [6, 6.07) is 11.5. The van der Waals surface area contributed by atoms with Crippen molar-refractivity contribution >= 4 is 23.2 Å². The van der Waals surface area contributed by atoms with Gasteiger partial charge in [0.15, 0.2) is 0 Å². The molecule has 146 valence electrons. The lowest BCUT2D eigenvalue weighted by Gasteiger charge is -2.44. The first kappa shape index (κ1) is 18.3. The summed E-state index contributed by atoms with van der Waals surface area (Å²) in [6.45, 7) is 4.96. The van der Waals surface area contributed by atoms with Crippen LogP contribution in [0.15, 0.2) is 36.4 Å². The van der Waals surface area contributed by atoms with E-state index in [4.69, 9.17) is 4.74 Å². The second-order valence-electron chi connectivity index (χ2n) is 7.64. The molecule has 2 aliphatic rings. The molecule has 0 bridgehead atoms. The molecule has 0 aliphatic carbocycles. The topological polar surface area (TPSA) is 70.7 Å². The van der Waals surface area contributed by atoms with Crippen LogP contribution in [-0.4, -0.2) is 42.5 Å². The number of hydrogen-bond acceptors (Lipinski definition) is 4. The molecule has 1 saturated heterocycles. The molecule has 2 N–H and O–H groups in total. The highest BCUT2D eigenvalue weighted by molar-refractivity contribution is 6.06. The van der Waals surface area contributed by atoms with Gasteiger partial charge in [-0.1, -0.05) is 12.1 Å². The van der Waals surface area contributed by atoms with E-state index in [2.05, 4.69) is 10.6 Å². The van der Waals surface area contributed by atoms with Crippen LogP contribution in [0.4, 0.5) is 11.4 Å². The van der Waals surface area contributed by atoms with Gasteiger partial charge in [-0.25, -0.2) is 0 Å². The van der Waals surface area contributed by atoms with E-state index < -0.39 is 5.54 Å². The van der Waals surface area contributed by atoms with Gasteiger partial charge >= 0.3 is 0 Å². The van der Waals surface area contributed by atoms with Gasteiger partial charge in [-0.2, -0.15) is 0 Å². The van der Waals surface area contributed by atoms with Crippen molar-refractivity contribution in [2.45, 2.75) is 32.2 Å². The van der Waals surface area contributed by atoms with Crippen molar-refractivity contribution < 1.29 is 14.3 Å². The Labute approximate surface area is 164 Å². The smallest absolute Gasteiger partial charge is 0.253 e. The van der Waals surface area contributed by atoms with Gasteiger partial charge in [-0.15, -0.1) is 0 Å². The maximum absolute atomic E-state index is 13.0. The Balaban J connectivity index is 1.50. The highest BCUT2D eigenvalue weighted by Crippen LogP contribution is 2.36. The van der Waals surface area contributed by atoms with Gasteiger partial charge in [-0.3, -0.25) is 9.59 Å². The van der Waals surface area contributed by atoms with Gasteiger partial charge in [0.25, 0.3) is 5.91 Å². The number of amides is 2. The highest BCUT2D eigenvalue weighted by atomic mass is 16.5. The average molecular weight is 379 g/mol. The second kappa shape index (κ2) is 6.86. The fraction of sp³-hybridized carbons (Fsp3) is 0.364. The van der Waals surface area contributed by atoms with Crippen molar-refractivity contribution in [1.29, 1.82) is 0 Å². The van der Waals surface area contributed by atoms with Crippen LogP contribution >= 0.6 is 0 Å². The minimum Gasteiger partial charge on any atom is -0.496 e. The number of likely N-dealkylation sites (tertiary alicyclic amines) is 1. The standard InChI is InChI=1S/C22H25N3O3/c1-14-12-16(13-15(2)19(14)28-3)20(26)25-10-8-22(9-11-25)21(27)23-17-6-4-5-7-18(17)24-22/h4-7,12-13,24H,8-11H2,1-3H3,(H,23,27). The van der Waals surface area contributed by atoms with Crippen molar-refractivity contribution in [2.75, 3.05) is 30.8 Å². The maximum atomic E-state index is 13.0. The van der Waals surface area contributed by atoms with Gasteiger partial charge in [-0.05, 0) is 62.1 Å². The molecular weight excluding hydrogens is 354 g/mol. The molecule has 2 amide bonds. The van der Waals surface area contributed by atoms with E-state index in [-0.39, 0.29) is 11.8 Å². The quantitative estimate of drug-likeness (QED) is 0.840. The summed E-state index contributed by atoms with van der Waals surface area (Å²) >= 11 is 0. The van der Waals surface area contributed by atoms with Crippen molar-refractivity contribution in [3.05, 3.63) is 53.1 Å². The van der Waals surface area contributed by atoms with Gasteiger partial charge in [0.05, 0.1) is 18.5 Å². The number of fused-ring (bicyclic) bond motifs is 1. The predicted molar refractivity (Wildman–Crippen MR) is 109 cm³/mol. The number of carbonyl (C=O) groups excluding carboxylic acids is 2. The van der Waals surface area contributed by atoms with Crippen LogP contribution in [0.5, 0.6) is 5.75 Å². The fourth-order valence-corrected chi connectivity index (χ4v) is 4.28. The number of piperidine rings is 1.